The van der Waals surface area contributed by atoms with Gasteiger partial charge < -0.3 is 20.3 Å². The van der Waals surface area contributed by atoms with Crippen molar-refractivity contribution >= 4 is 11.9 Å². The predicted octanol–water partition coefficient (Wildman–Crippen LogP) is 2.18. The normalized spacial score (nSPS) is 13.1. The maximum atomic E-state index is 11.6. The molecule has 0 aliphatic rings. The fourth-order valence-corrected chi connectivity index (χ4v) is 2.09. The van der Waals surface area contributed by atoms with E-state index in [0.29, 0.717) is 19.4 Å². The Morgan fingerprint density at radius 2 is 2.00 bits per heavy atom. The summed E-state index contributed by atoms with van der Waals surface area (Å²) in [4.78, 5) is 22.1. The zero-order valence-corrected chi connectivity index (χ0v) is 13.9. The Hall–Kier alpha value is -2.18. The third kappa shape index (κ3) is 7.39. The topological polar surface area (TPSA) is 95.9 Å². The summed E-state index contributed by atoms with van der Waals surface area (Å²) >= 11 is 0. The molecule has 0 amide bonds. The van der Waals surface area contributed by atoms with Crippen molar-refractivity contribution in [3.63, 3.8) is 0 Å². The van der Waals surface area contributed by atoms with Crippen LogP contribution >= 0.6 is 0 Å². The lowest BCUT2D eigenvalue weighted by Crippen LogP contribution is -2.34. The van der Waals surface area contributed by atoms with Gasteiger partial charge in [0.25, 0.3) is 0 Å². The van der Waals surface area contributed by atoms with Crippen molar-refractivity contribution in [1.82, 2.24) is 5.32 Å². The van der Waals surface area contributed by atoms with Gasteiger partial charge in [-0.3, -0.25) is 9.59 Å². The molecule has 0 aromatic heterocycles. The summed E-state index contributed by atoms with van der Waals surface area (Å²) in [6.07, 6.45) is 1.75. The van der Waals surface area contributed by atoms with Gasteiger partial charge >= 0.3 is 11.9 Å². The van der Waals surface area contributed by atoms with Crippen molar-refractivity contribution < 1.29 is 24.5 Å². The van der Waals surface area contributed by atoms with Crippen LogP contribution in [0.5, 0.6) is 0 Å². The van der Waals surface area contributed by atoms with E-state index in [4.69, 9.17) is 9.84 Å². The molecule has 0 heterocycles. The number of hydrogen-bond acceptors (Lipinski definition) is 5. The first-order valence-electron chi connectivity index (χ1n) is 7.93. The standard InChI is InChI=1S/C18H25NO5/c1-3-11-24-18(23)13(2)19-12-14-7-9-15(10-8-14)16(20)5-4-6-17(21)22/h3,7-10,13,16,19-20H,1,4-6,11-12H2,2H3,(H,21,22)/t13-,16?/m0/s1. The molecule has 0 bridgehead atoms. The van der Waals surface area contributed by atoms with Crippen LogP contribution in [-0.4, -0.2) is 34.8 Å². The summed E-state index contributed by atoms with van der Waals surface area (Å²) in [5.41, 5.74) is 1.72. The molecule has 1 unspecified atom stereocenters. The quantitative estimate of drug-likeness (QED) is 0.424. The number of aliphatic hydroxyl groups is 1. The highest BCUT2D eigenvalue weighted by molar-refractivity contribution is 5.75. The van der Waals surface area contributed by atoms with Gasteiger partial charge in [0.05, 0.1) is 6.10 Å². The number of rotatable bonds is 11. The molecule has 132 valence electrons. The van der Waals surface area contributed by atoms with Crippen molar-refractivity contribution in [3.05, 3.63) is 48.0 Å². The van der Waals surface area contributed by atoms with Crippen LogP contribution in [0.4, 0.5) is 0 Å². The fraction of sp³-hybridized carbons (Fsp3) is 0.444. The van der Waals surface area contributed by atoms with Crippen molar-refractivity contribution in [2.45, 2.75) is 44.9 Å². The highest BCUT2D eigenvalue weighted by Crippen LogP contribution is 2.19. The van der Waals surface area contributed by atoms with Gasteiger partial charge in [0.2, 0.25) is 0 Å². The monoisotopic (exact) mass is 335 g/mol. The van der Waals surface area contributed by atoms with E-state index in [9.17, 15) is 14.7 Å². The average Bonchev–Trinajstić information content (AvgIpc) is 2.57. The van der Waals surface area contributed by atoms with E-state index < -0.39 is 18.1 Å². The number of hydrogen-bond donors (Lipinski definition) is 3. The SMILES string of the molecule is C=CCOC(=O)[C@H](C)NCc1ccc(C(O)CCCC(=O)O)cc1. The van der Waals surface area contributed by atoms with E-state index in [2.05, 4.69) is 11.9 Å². The van der Waals surface area contributed by atoms with E-state index in [1.807, 2.05) is 24.3 Å². The highest BCUT2D eigenvalue weighted by atomic mass is 16.5. The Labute approximate surface area is 142 Å². The zero-order valence-electron chi connectivity index (χ0n) is 13.9. The molecular formula is C18H25NO5. The third-order valence-corrected chi connectivity index (χ3v) is 3.54. The molecular weight excluding hydrogens is 310 g/mol. The molecule has 1 aromatic rings. The van der Waals surface area contributed by atoms with Crippen LogP contribution in [-0.2, 0) is 20.9 Å². The lowest BCUT2D eigenvalue weighted by atomic mass is 10.0. The van der Waals surface area contributed by atoms with Gasteiger partial charge in [-0.05, 0) is 30.9 Å². The van der Waals surface area contributed by atoms with Gasteiger partial charge in [0.1, 0.15) is 12.6 Å². The van der Waals surface area contributed by atoms with Gasteiger partial charge in [0.15, 0.2) is 0 Å². The van der Waals surface area contributed by atoms with E-state index in [-0.39, 0.29) is 19.0 Å². The van der Waals surface area contributed by atoms with E-state index in [0.717, 1.165) is 11.1 Å². The highest BCUT2D eigenvalue weighted by Gasteiger charge is 2.13. The number of benzene rings is 1. The number of aliphatic hydroxyl groups excluding tert-OH is 1. The average molecular weight is 335 g/mol. The van der Waals surface area contributed by atoms with Crippen molar-refractivity contribution in [2.24, 2.45) is 0 Å². The molecule has 0 radical (unpaired) electrons. The summed E-state index contributed by atoms with van der Waals surface area (Å²) in [5.74, 6) is -1.19. The summed E-state index contributed by atoms with van der Waals surface area (Å²) < 4.78 is 4.95. The van der Waals surface area contributed by atoms with Gasteiger partial charge in [-0.1, -0.05) is 36.9 Å². The molecule has 0 spiro atoms. The van der Waals surface area contributed by atoms with Gasteiger partial charge in [-0.15, -0.1) is 0 Å². The van der Waals surface area contributed by atoms with Crippen LogP contribution in [0.2, 0.25) is 0 Å². The molecule has 0 aliphatic carbocycles. The maximum Gasteiger partial charge on any atom is 0.323 e. The summed E-state index contributed by atoms with van der Waals surface area (Å²) in [6, 6.07) is 6.92. The fourth-order valence-electron chi connectivity index (χ4n) is 2.09. The van der Waals surface area contributed by atoms with Crippen LogP contribution < -0.4 is 5.32 Å². The lowest BCUT2D eigenvalue weighted by Gasteiger charge is -2.14. The van der Waals surface area contributed by atoms with Crippen LogP contribution in [0.1, 0.15) is 43.4 Å². The van der Waals surface area contributed by atoms with E-state index in [1.165, 1.54) is 6.08 Å². The minimum Gasteiger partial charge on any atom is -0.481 e. The molecule has 0 aliphatic heterocycles. The van der Waals surface area contributed by atoms with Gasteiger partial charge in [0, 0.05) is 13.0 Å². The Morgan fingerprint density at radius 1 is 1.33 bits per heavy atom. The molecule has 0 saturated carbocycles. The Morgan fingerprint density at radius 3 is 2.58 bits per heavy atom. The number of carbonyl (C=O) groups excluding carboxylic acids is 1. The van der Waals surface area contributed by atoms with Crippen molar-refractivity contribution in [2.75, 3.05) is 6.61 Å². The molecule has 6 heteroatoms. The molecule has 0 saturated heterocycles. The smallest absolute Gasteiger partial charge is 0.323 e. The zero-order chi connectivity index (χ0) is 17.9. The summed E-state index contributed by atoms with van der Waals surface area (Å²) in [7, 11) is 0. The molecule has 2 atom stereocenters. The number of carboxylic acids is 1. The second kappa shape index (κ2) is 10.6. The van der Waals surface area contributed by atoms with Crippen LogP contribution in [0.3, 0.4) is 0 Å². The first kappa shape index (κ1) is 19.9. The Balaban J connectivity index is 2.42. The first-order valence-corrected chi connectivity index (χ1v) is 7.93. The second-order valence-electron chi connectivity index (χ2n) is 5.56. The van der Waals surface area contributed by atoms with Crippen molar-refractivity contribution in [3.8, 4) is 0 Å². The molecule has 1 aromatic carbocycles. The summed E-state index contributed by atoms with van der Waals surface area (Å²) in [5, 5.41) is 21.7. The molecule has 0 fully saturated rings. The number of carboxylic acid groups (broad SMARTS) is 1. The first-order chi connectivity index (χ1) is 11.4. The third-order valence-electron chi connectivity index (χ3n) is 3.54. The van der Waals surface area contributed by atoms with Gasteiger partial charge in [-0.25, -0.2) is 0 Å². The molecule has 1 rings (SSSR count). The molecule has 6 nitrogen and oxygen atoms in total. The van der Waals surface area contributed by atoms with Crippen LogP contribution in [0.25, 0.3) is 0 Å². The molecule has 3 N–H and O–H groups in total. The Bertz CT molecular complexity index is 541. The number of nitrogens with one attached hydrogen (secondary N) is 1. The largest absolute Gasteiger partial charge is 0.481 e. The van der Waals surface area contributed by atoms with Crippen molar-refractivity contribution in [1.29, 1.82) is 0 Å². The predicted molar refractivity (Wildman–Crippen MR) is 90.3 cm³/mol. The van der Waals surface area contributed by atoms with E-state index >= 15 is 0 Å². The van der Waals surface area contributed by atoms with Crippen LogP contribution in [0, 0.1) is 0 Å². The second-order valence-corrected chi connectivity index (χ2v) is 5.56. The lowest BCUT2D eigenvalue weighted by molar-refractivity contribution is -0.144. The molecule has 24 heavy (non-hydrogen) atoms. The number of esters is 1. The maximum absolute atomic E-state index is 11.6. The van der Waals surface area contributed by atoms with E-state index in [1.54, 1.807) is 6.92 Å². The number of aliphatic carboxylic acids is 1. The Kier molecular flexibility index (Phi) is 8.75. The van der Waals surface area contributed by atoms with Crippen LogP contribution in [0.15, 0.2) is 36.9 Å². The van der Waals surface area contributed by atoms with Gasteiger partial charge in [-0.2, -0.15) is 0 Å². The minimum atomic E-state index is -0.857. The summed E-state index contributed by atoms with van der Waals surface area (Å²) in [6.45, 7) is 5.91. The number of ether oxygens (including phenoxy) is 1. The minimum absolute atomic E-state index is 0.0545. The number of carbonyl (C=O) groups is 2.